The standard InChI is InChI=1S/C20H19FN4O/c21-17-8-16(9-22-10-17)12-25-14-23-19-13-24(7-6-18(19)20(25)26)11-15-4-2-1-3-5-15/h1-5,8-10,14H,6-7,11-13H2. The van der Waals surface area contributed by atoms with Crippen LogP contribution in [0.25, 0.3) is 0 Å². The average Bonchev–Trinajstić information content (AvgIpc) is 2.65. The molecule has 3 heterocycles. The van der Waals surface area contributed by atoms with Crippen molar-refractivity contribution in [1.82, 2.24) is 19.4 Å². The maximum absolute atomic E-state index is 13.3. The summed E-state index contributed by atoms with van der Waals surface area (Å²) in [4.78, 5) is 23.4. The average molecular weight is 350 g/mol. The van der Waals surface area contributed by atoms with Crippen LogP contribution in [0, 0.1) is 5.82 Å². The molecule has 0 aliphatic carbocycles. The van der Waals surface area contributed by atoms with Crippen molar-refractivity contribution in [2.75, 3.05) is 6.54 Å². The first-order valence-electron chi connectivity index (χ1n) is 8.62. The number of fused-ring (bicyclic) bond motifs is 1. The predicted octanol–water partition coefficient (Wildman–Crippen LogP) is 2.38. The Morgan fingerprint density at radius 3 is 2.73 bits per heavy atom. The van der Waals surface area contributed by atoms with Crippen molar-refractivity contribution in [2.24, 2.45) is 0 Å². The first-order valence-corrected chi connectivity index (χ1v) is 8.62. The number of aromatic nitrogens is 3. The molecule has 2 aromatic heterocycles. The molecule has 3 aromatic rings. The van der Waals surface area contributed by atoms with E-state index in [0.29, 0.717) is 18.5 Å². The highest BCUT2D eigenvalue weighted by Gasteiger charge is 2.21. The molecule has 0 amide bonds. The van der Waals surface area contributed by atoms with Gasteiger partial charge in [0.05, 0.1) is 24.8 Å². The Labute approximate surface area is 150 Å². The first kappa shape index (κ1) is 16.6. The van der Waals surface area contributed by atoms with Crippen LogP contribution in [0.4, 0.5) is 4.39 Å². The van der Waals surface area contributed by atoms with E-state index in [-0.39, 0.29) is 12.1 Å². The van der Waals surface area contributed by atoms with Crippen LogP contribution >= 0.6 is 0 Å². The molecule has 0 unspecified atom stereocenters. The summed E-state index contributed by atoms with van der Waals surface area (Å²) < 4.78 is 14.8. The van der Waals surface area contributed by atoms with E-state index in [1.54, 1.807) is 12.5 Å². The van der Waals surface area contributed by atoms with Crippen LogP contribution in [0.15, 0.2) is 59.9 Å². The molecule has 4 rings (SSSR count). The van der Waals surface area contributed by atoms with Gasteiger partial charge in [-0.1, -0.05) is 30.3 Å². The second-order valence-corrected chi connectivity index (χ2v) is 6.56. The van der Waals surface area contributed by atoms with E-state index in [1.165, 1.54) is 16.2 Å². The molecule has 0 saturated carbocycles. The van der Waals surface area contributed by atoms with Gasteiger partial charge in [0.25, 0.3) is 5.56 Å². The monoisotopic (exact) mass is 350 g/mol. The van der Waals surface area contributed by atoms with Crippen molar-refractivity contribution in [1.29, 1.82) is 0 Å². The fourth-order valence-corrected chi connectivity index (χ4v) is 3.34. The lowest BCUT2D eigenvalue weighted by Crippen LogP contribution is -2.37. The van der Waals surface area contributed by atoms with Gasteiger partial charge < -0.3 is 0 Å². The summed E-state index contributed by atoms with van der Waals surface area (Å²) in [5.41, 5.74) is 3.46. The number of pyridine rings is 1. The van der Waals surface area contributed by atoms with Crippen LogP contribution in [0.2, 0.25) is 0 Å². The Morgan fingerprint density at radius 2 is 1.92 bits per heavy atom. The van der Waals surface area contributed by atoms with E-state index >= 15 is 0 Å². The molecule has 0 atom stereocenters. The summed E-state index contributed by atoms with van der Waals surface area (Å²) in [7, 11) is 0. The third kappa shape index (κ3) is 3.55. The Hall–Kier alpha value is -2.86. The van der Waals surface area contributed by atoms with Crippen molar-refractivity contribution in [3.8, 4) is 0 Å². The molecule has 0 spiro atoms. The summed E-state index contributed by atoms with van der Waals surface area (Å²) in [6, 6.07) is 11.7. The van der Waals surface area contributed by atoms with E-state index in [1.807, 2.05) is 18.2 Å². The van der Waals surface area contributed by atoms with Crippen molar-refractivity contribution < 1.29 is 4.39 Å². The van der Waals surface area contributed by atoms with Gasteiger partial charge in [-0.05, 0) is 23.6 Å². The largest absolute Gasteiger partial charge is 0.294 e. The first-order chi connectivity index (χ1) is 12.7. The number of benzene rings is 1. The van der Waals surface area contributed by atoms with E-state index < -0.39 is 5.82 Å². The number of hydrogen-bond acceptors (Lipinski definition) is 4. The molecule has 0 saturated heterocycles. The third-order valence-corrected chi connectivity index (χ3v) is 4.64. The minimum absolute atomic E-state index is 0.0429. The van der Waals surface area contributed by atoms with E-state index in [2.05, 4.69) is 27.0 Å². The molecular weight excluding hydrogens is 331 g/mol. The second kappa shape index (κ2) is 7.17. The highest BCUT2D eigenvalue weighted by atomic mass is 19.1. The molecule has 6 heteroatoms. The van der Waals surface area contributed by atoms with Gasteiger partial charge in [-0.2, -0.15) is 0 Å². The summed E-state index contributed by atoms with van der Waals surface area (Å²) in [6.45, 7) is 2.61. The van der Waals surface area contributed by atoms with Gasteiger partial charge in [0.1, 0.15) is 5.82 Å². The number of hydrogen-bond donors (Lipinski definition) is 0. The Morgan fingerprint density at radius 1 is 1.08 bits per heavy atom. The highest BCUT2D eigenvalue weighted by Crippen LogP contribution is 2.16. The summed E-state index contributed by atoms with van der Waals surface area (Å²) >= 11 is 0. The maximum atomic E-state index is 13.3. The van der Waals surface area contributed by atoms with Gasteiger partial charge in [0.2, 0.25) is 0 Å². The molecule has 1 aliphatic heterocycles. The number of nitrogens with zero attached hydrogens (tertiary/aromatic N) is 4. The quantitative estimate of drug-likeness (QED) is 0.725. The second-order valence-electron chi connectivity index (χ2n) is 6.56. The molecule has 5 nitrogen and oxygen atoms in total. The maximum Gasteiger partial charge on any atom is 0.257 e. The third-order valence-electron chi connectivity index (χ3n) is 4.64. The van der Waals surface area contributed by atoms with Gasteiger partial charge in [0.15, 0.2) is 0 Å². The predicted molar refractivity (Wildman–Crippen MR) is 96.1 cm³/mol. The SMILES string of the molecule is O=c1c2c(ncn1Cc1cncc(F)c1)CN(Cc1ccccc1)CC2. The fraction of sp³-hybridized carbons (Fsp3) is 0.250. The molecule has 26 heavy (non-hydrogen) atoms. The Kier molecular flexibility index (Phi) is 4.58. The summed E-state index contributed by atoms with van der Waals surface area (Å²) in [5.74, 6) is -0.405. The van der Waals surface area contributed by atoms with Crippen LogP contribution in [0.3, 0.4) is 0 Å². The number of halogens is 1. The van der Waals surface area contributed by atoms with Gasteiger partial charge in [-0.15, -0.1) is 0 Å². The zero-order valence-corrected chi connectivity index (χ0v) is 14.3. The molecule has 132 valence electrons. The molecule has 0 bridgehead atoms. The molecule has 0 fully saturated rings. The normalized spacial score (nSPS) is 14.2. The van der Waals surface area contributed by atoms with Crippen LogP contribution in [0.1, 0.15) is 22.4 Å². The van der Waals surface area contributed by atoms with Crippen LogP contribution in [0.5, 0.6) is 0 Å². The lowest BCUT2D eigenvalue weighted by Gasteiger charge is -2.27. The van der Waals surface area contributed by atoms with Gasteiger partial charge in [-0.25, -0.2) is 9.37 Å². The summed E-state index contributed by atoms with van der Waals surface area (Å²) in [5, 5.41) is 0. The Bertz CT molecular complexity index is 971. The van der Waals surface area contributed by atoms with Gasteiger partial charge in [0, 0.05) is 31.4 Å². The topological polar surface area (TPSA) is 51.0 Å². The smallest absolute Gasteiger partial charge is 0.257 e. The molecule has 0 radical (unpaired) electrons. The molecular formula is C20H19FN4O. The minimum atomic E-state index is -0.405. The van der Waals surface area contributed by atoms with Crippen LogP contribution < -0.4 is 5.56 Å². The zero-order chi connectivity index (χ0) is 17.9. The molecule has 1 aromatic carbocycles. The zero-order valence-electron chi connectivity index (χ0n) is 14.3. The van der Waals surface area contributed by atoms with Crippen molar-refractivity contribution in [3.63, 3.8) is 0 Å². The van der Waals surface area contributed by atoms with Crippen molar-refractivity contribution in [3.05, 3.63) is 93.7 Å². The fourth-order valence-electron chi connectivity index (χ4n) is 3.34. The van der Waals surface area contributed by atoms with Crippen LogP contribution in [-0.4, -0.2) is 26.0 Å². The highest BCUT2D eigenvalue weighted by molar-refractivity contribution is 5.22. The van der Waals surface area contributed by atoms with E-state index in [4.69, 9.17) is 0 Å². The van der Waals surface area contributed by atoms with Crippen molar-refractivity contribution in [2.45, 2.75) is 26.1 Å². The van der Waals surface area contributed by atoms with E-state index in [9.17, 15) is 9.18 Å². The molecule has 0 N–H and O–H groups in total. The lowest BCUT2D eigenvalue weighted by atomic mass is 10.1. The van der Waals surface area contributed by atoms with Crippen molar-refractivity contribution >= 4 is 0 Å². The number of rotatable bonds is 4. The van der Waals surface area contributed by atoms with Gasteiger partial charge >= 0.3 is 0 Å². The Balaban J connectivity index is 1.52. The lowest BCUT2D eigenvalue weighted by molar-refractivity contribution is 0.239. The van der Waals surface area contributed by atoms with Gasteiger partial charge in [-0.3, -0.25) is 19.2 Å². The minimum Gasteiger partial charge on any atom is -0.294 e. The molecule has 1 aliphatic rings. The van der Waals surface area contributed by atoms with E-state index in [0.717, 1.165) is 30.5 Å². The summed E-state index contributed by atoms with van der Waals surface area (Å²) in [6.07, 6.45) is 4.95. The van der Waals surface area contributed by atoms with Crippen LogP contribution in [-0.2, 0) is 26.1 Å².